The topological polar surface area (TPSA) is 58.4 Å². The van der Waals surface area contributed by atoms with E-state index in [4.69, 9.17) is 5.73 Å². The van der Waals surface area contributed by atoms with Crippen LogP contribution in [0.25, 0.3) is 0 Å². The molecule has 2 rings (SSSR count). The molecule has 2 aliphatic rings. The van der Waals surface area contributed by atoms with Crippen molar-refractivity contribution in [2.24, 2.45) is 17.6 Å². The highest BCUT2D eigenvalue weighted by Gasteiger charge is 2.33. The second-order valence-electron chi connectivity index (χ2n) is 6.17. The zero-order valence-corrected chi connectivity index (χ0v) is 12.2. The van der Waals surface area contributed by atoms with Gasteiger partial charge in [-0.15, -0.1) is 0 Å². The Kier molecular flexibility index (Phi) is 5.64. The molecular formula is C15H29N3O. The van der Waals surface area contributed by atoms with Gasteiger partial charge < -0.3 is 11.1 Å². The van der Waals surface area contributed by atoms with Crippen LogP contribution in [0.4, 0.5) is 0 Å². The van der Waals surface area contributed by atoms with Crippen molar-refractivity contribution in [2.45, 2.75) is 51.5 Å². The van der Waals surface area contributed by atoms with Crippen molar-refractivity contribution in [3.8, 4) is 0 Å². The minimum atomic E-state index is 0.202. The highest BCUT2D eigenvalue weighted by Crippen LogP contribution is 2.34. The van der Waals surface area contributed by atoms with Crippen molar-refractivity contribution in [1.29, 1.82) is 0 Å². The first kappa shape index (κ1) is 14.8. The van der Waals surface area contributed by atoms with Gasteiger partial charge in [-0.25, -0.2) is 0 Å². The van der Waals surface area contributed by atoms with Gasteiger partial charge in [0.2, 0.25) is 5.91 Å². The summed E-state index contributed by atoms with van der Waals surface area (Å²) >= 11 is 0. The number of rotatable bonds is 4. The van der Waals surface area contributed by atoms with E-state index in [0.717, 1.165) is 32.1 Å². The molecule has 1 heterocycles. The first-order chi connectivity index (χ1) is 9.24. The van der Waals surface area contributed by atoms with E-state index < -0.39 is 0 Å². The number of hydrogen-bond donors (Lipinski definition) is 2. The summed E-state index contributed by atoms with van der Waals surface area (Å²) in [4.78, 5) is 14.0. The number of amides is 1. The Morgan fingerprint density at radius 1 is 1.37 bits per heavy atom. The largest absolute Gasteiger partial charge is 0.355 e. The van der Waals surface area contributed by atoms with Gasteiger partial charge in [0.05, 0.1) is 0 Å². The quantitative estimate of drug-likeness (QED) is 0.808. The summed E-state index contributed by atoms with van der Waals surface area (Å²) in [6, 6.07) is 0.600. The van der Waals surface area contributed by atoms with Crippen LogP contribution in [0.15, 0.2) is 0 Å². The maximum Gasteiger partial charge on any atom is 0.221 e. The van der Waals surface area contributed by atoms with Crippen LogP contribution in [-0.4, -0.2) is 43.0 Å². The van der Waals surface area contributed by atoms with Gasteiger partial charge in [0.25, 0.3) is 0 Å². The molecule has 4 nitrogen and oxygen atoms in total. The molecule has 1 aliphatic carbocycles. The monoisotopic (exact) mass is 267 g/mol. The third-order valence-corrected chi connectivity index (χ3v) is 4.88. The highest BCUT2D eigenvalue weighted by molar-refractivity contribution is 5.76. The lowest BCUT2D eigenvalue weighted by Gasteiger charge is -2.42. The molecule has 0 bridgehead atoms. The maximum atomic E-state index is 11.5. The molecule has 3 unspecified atom stereocenters. The first-order valence-corrected chi connectivity index (χ1v) is 7.95. The number of hydrogen-bond acceptors (Lipinski definition) is 3. The fourth-order valence-corrected chi connectivity index (χ4v) is 3.80. The van der Waals surface area contributed by atoms with Crippen LogP contribution >= 0.6 is 0 Å². The molecular weight excluding hydrogens is 238 g/mol. The SMILES string of the molecule is CCCC1CCC(CN)C(N2CCNC(=O)CC2)C1. The van der Waals surface area contributed by atoms with Crippen molar-refractivity contribution >= 4 is 5.91 Å². The van der Waals surface area contributed by atoms with E-state index in [0.29, 0.717) is 18.4 Å². The van der Waals surface area contributed by atoms with Crippen molar-refractivity contribution in [2.75, 3.05) is 26.2 Å². The van der Waals surface area contributed by atoms with Crippen LogP contribution in [0.2, 0.25) is 0 Å². The molecule has 0 aromatic carbocycles. The molecule has 1 aliphatic heterocycles. The summed E-state index contributed by atoms with van der Waals surface area (Å²) in [5.74, 6) is 1.69. The van der Waals surface area contributed by atoms with E-state index in [-0.39, 0.29) is 5.91 Å². The van der Waals surface area contributed by atoms with Gasteiger partial charge in [-0.1, -0.05) is 26.2 Å². The van der Waals surface area contributed by atoms with E-state index in [2.05, 4.69) is 17.1 Å². The van der Waals surface area contributed by atoms with E-state index in [1.165, 1.54) is 32.1 Å². The van der Waals surface area contributed by atoms with Gasteiger partial charge in [0.1, 0.15) is 0 Å². The summed E-state index contributed by atoms with van der Waals surface area (Å²) in [5, 5.41) is 2.97. The van der Waals surface area contributed by atoms with Gasteiger partial charge in [0, 0.05) is 32.1 Å². The average Bonchev–Trinajstić information content (AvgIpc) is 2.64. The molecule has 1 saturated heterocycles. The first-order valence-electron chi connectivity index (χ1n) is 7.95. The third kappa shape index (κ3) is 3.93. The standard InChI is InChI=1S/C15H29N3O/c1-2-3-12-4-5-13(11-16)14(10-12)18-8-6-15(19)17-7-9-18/h12-14H,2-11,16H2,1H3,(H,17,19). The Bertz CT molecular complexity index is 295. The molecule has 0 radical (unpaired) electrons. The zero-order valence-electron chi connectivity index (χ0n) is 12.2. The van der Waals surface area contributed by atoms with E-state index in [1.54, 1.807) is 0 Å². The number of nitrogens with one attached hydrogen (secondary N) is 1. The average molecular weight is 267 g/mol. The van der Waals surface area contributed by atoms with E-state index in [9.17, 15) is 4.79 Å². The second-order valence-corrected chi connectivity index (χ2v) is 6.17. The van der Waals surface area contributed by atoms with Crippen molar-refractivity contribution in [3.63, 3.8) is 0 Å². The summed E-state index contributed by atoms with van der Waals surface area (Å²) in [7, 11) is 0. The molecule has 110 valence electrons. The van der Waals surface area contributed by atoms with Crippen molar-refractivity contribution < 1.29 is 4.79 Å². The lowest BCUT2D eigenvalue weighted by Crippen LogP contribution is -2.48. The van der Waals surface area contributed by atoms with Gasteiger partial charge >= 0.3 is 0 Å². The molecule has 1 saturated carbocycles. The number of carbonyl (C=O) groups excluding carboxylic acids is 1. The molecule has 4 heteroatoms. The Labute approximate surface area is 117 Å². The van der Waals surface area contributed by atoms with Crippen LogP contribution < -0.4 is 11.1 Å². The Morgan fingerprint density at radius 2 is 2.21 bits per heavy atom. The minimum Gasteiger partial charge on any atom is -0.355 e. The smallest absolute Gasteiger partial charge is 0.221 e. The number of carbonyl (C=O) groups is 1. The van der Waals surface area contributed by atoms with E-state index in [1.807, 2.05) is 0 Å². The third-order valence-electron chi connectivity index (χ3n) is 4.88. The summed E-state index contributed by atoms with van der Waals surface area (Å²) < 4.78 is 0. The number of nitrogens with zero attached hydrogens (tertiary/aromatic N) is 1. The van der Waals surface area contributed by atoms with Crippen LogP contribution in [0.3, 0.4) is 0 Å². The normalized spacial score (nSPS) is 33.8. The summed E-state index contributed by atoms with van der Waals surface area (Å²) in [6.07, 6.45) is 7.17. The zero-order chi connectivity index (χ0) is 13.7. The Morgan fingerprint density at radius 3 is 2.95 bits per heavy atom. The predicted molar refractivity (Wildman–Crippen MR) is 77.8 cm³/mol. The van der Waals surface area contributed by atoms with Gasteiger partial charge in [0.15, 0.2) is 0 Å². The maximum absolute atomic E-state index is 11.5. The molecule has 2 fully saturated rings. The van der Waals surface area contributed by atoms with Gasteiger partial charge in [-0.2, -0.15) is 0 Å². The van der Waals surface area contributed by atoms with Crippen LogP contribution in [0, 0.1) is 11.8 Å². The van der Waals surface area contributed by atoms with Crippen molar-refractivity contribution in [1.82, 2.24) is 10.2 Å². The van der Waals surface area contributed by atoms with Gasteiger partial charge in [-0.3, -0.25) is 9.69 Å². The van der Waals surface area contributed by atoms with E-state index >= 15 is 0 Å². The van der Waals surface area contributed by atoms with Crippen LogP contribution in [0.1, 0.15) is 45.4 Å². The molecule has 1 amide bonds. The molecule has 0 aromatic rings. The molecule has 0 spiro atoms. The minimum absolute atomic E-state index is 0.202. The lowest BCUT2D eigenvalue weighted by atomic mass is 9.76. The van der Waals surface area contributed by atoms with Crippen LogP contribution in [0.5, 0.6) is 0 Å². The predicted octanol–water partition coefficient (Wildman–Crippen LogP) is 1.35. The molecule has 0 aromatic heterocycles. The fraction of sp³-hybridized carbons (Fsp3) is 0.933. The van der Waals surface area contributed by atoms with Crippen LogP contribution in [-0.2, 0) is 4.79 Å². The Balaban J connectivity index is 1.98. The second kappa shape index (κ2) is 7.25. The summed E-state index contributed by atoms with van der Waals surface area (Å²) in [6.45, 7) is 5.77. The fourth-order valence-electron chi connectivity index (χ4n) is 3.80. The molecule has 3 N–H and O–H groups in total. The summed E-state index contributed by atoms with van der Waals surface area (Å²) in [5.41, 5.74) is 5.98. The van der Waals surface area contributed by atoms with Crippen molar-refractivity contribution in [3.05, 3.63) is 0 Å². The Hall–Kier alpha value is -0.610. The number of nitrogens with two attached hydrogens (primary N) is 1. The van der Waals surface area contributed by atoms with Gasteiger partial charge in [-0.05, 0) is 31.2 Å². The molecule has 3 atom stereocenters. The lowest BCUT2D eigenvalue weighted by molar-refractivity contribution is -0.120. The highest BCUT2D eigenvalue weighted by atomic mass is 16.1. The molecule has 19 heavy (non-hydrogen) atoms.